The molecule has 0 bridgehead atoms. The summed E-state index contributed by atoms with van der Waals surface area (Å²) in [4.78, 5) is 65.4. The molecule has 0 saturated carbocycles. The number of carboxylic acid groups (broad SMARTS) is 1. The Morgan fingerprint density at radius 2 is 1.25 bits per heavy atom. The molecule has 0 saturated heterocycles. The predicted molar refractivity (Wildman–Crippen MR) is 107 cm³/mol. The van der Waals surface area contributed by atoms with Gasteiger partial charge in [-0.25, -0.2) is 0 Å². The zero-order valence-electron chi connectivity index (χ0n) is 17.9. The molecule has 0 aliphatic carbocycles. The van der Waals surface area contributed by atoms with Crippen LogP contribution in [0.1, 0.15) is 32.1 Å². The average molecular weight is 725 g/mol. The van der Waals surface area contributed by atoms with Gasteiger partial charge in [0.15, 0.2) is 11.6 Å². The number of ether oxygens (including phenoxy) is 1. The smallest absolute Gasteiger partial charge is 0.316 e. The number of hydrogen-bond donors (Lipinski definition) is 1. The summed E-state index contributed by atoms with van der Waals surface area (Å²) in [5.74, 6) is -4.11. The molecule has 17 heteroatoms. The second-order valence-corrected chi connectivity index (χ2v) is 4.87. The summed E-state index contributed by atoms with van der Waals surface area (Å²) in [6, 6.07) is -1.40. The fourth-order valence-corrected chi connectivity index (χ4v) is 1.67. The van der Waals surface area contributed by atoms with Crippen molar-refractivity contribution in [3.63, 3.8) is 0 Å². The molecule has 2 N–H and O–H groups in total. The molecule has 0 fully saturated rings. The number of esters is 1. The molecule has 0 radical (unpaired) electrons. The van der Waals surface area contributed by atoms with Crippen molar-refractivity contribution in [2.24, 2.45) is 5.92 Å². The van der Waals surface area contributed by atoms with Crippen molar-refractivity contribution in [1.29, 1.82) is 0 Å². The molecule has 0 amide bonds. The van der Waals surface area contributed by atoms with Crippen molar-refractivity contribution < 1.29 is 91.8 Å². The maximum Gasteiger partial charge on any atom is 0.316 e. The maximum absolute atomic E-state index is 11.6. The largest absolute Gasteiger partial charge is 0.665 e. The summed E-state index contributed by atoms with van der Waals surface area (Å²) in [5, 5.41) is 8.51. The van der Waals surface area contributed by atoms with Crippen LogP contribution in [0.15, 0.2) is 12.2 Å². The van der Waals surface area contributed by atoms with Crippen LogP contribution in [0, 0.1) is 32.5 Å². The van der Waals surface area contributed by atoms with Gasteiger partial charge in [0.05, 0.1) is 5.92 Å². The van der Waals surface area contributed by atoms with Gasteiger partial charge in [-0.15, -0.1) is 0 Å². The molecule has 0 rings (SSSR count). The van der Waals surface area contributed by atoms with Crippen molar-refractivity contribution in [3.8, 4) is 0 Å². The van der Waals surface area contributed by atoms with Crippen LogP contribution in [-0.2, 0) is 86.7 Å². The molecular formula is C19H18Cl2NO12Ru2. The number of carbonyl (C=O) groups is 6. The van der Waals surface area contributed by atoms with E-state index in [0.717, 1.165) is 12.2 Å². The minimum Gasteiger partial charge on any atom is -0.665 e. The van der Waals surface area contributed by atoms with Crippen molar-refractivity contribution in [3.05, 3.63) is 44.5 Å². The number of aliphatic carboxylic acids is 1. The first kappa shape index (κ1) is 50.9. The van der Waals surface area contributed by atoms with Crippen molar-refractivity contribution in [1.82, 2.24) is 0 Å². The van der Waals surface area contributed by atoms with Gasteiger partial charge < -0.3 is 20.4 Å². The first-order valence-corrected chi connectivity index (χ1v) is 12.6. The van der Waals surface area contributed by atoms with E-state index in [1.54, 1.807) is 0 Å². The molecule has 0 aliphatic heterocycles. The second-order valence-electron chi connectivity index (χ2n) is 4.87. The van der Waals surface area contributed by atoms with E-state index in [4.69, 9.17) is 29.4 Å². The normalized spacial score (nSPS) is 9.25. The quantitative estimate of drug-likeness (QED) is 0.0558. The zero-order valence-corrected chi connectivity index (χ0v) is 22.9. The standard InChI is InChI=1S/C15H18NO8.4CO.2ClH.2Ru/c16-13(14(21)22)6-5-12(20)4-3-11(19)2-1-10(7-8-17)15(23)24-9-18;4*1-2;;;;/h3-4,8-10,13,16H,1-2,5-7H2,(H,21,22);;;;;2*1H;;/q-1;;;;;;;+1;+2/p-2/b4-3+;;;;;;;;. The number of hydrogen-bond acceptors (Lipinski definition) is 7. The Balaban J connectivity index is -0.000000121. The van der Waals surface area contributed by atoms with Crippen LogP contribution < -0.4 is 0 Å². The summed E-state index contributed by atoms with van der Waals surface area (Å²) in [6.07, 6.45) is 1.77. The van der Waals surface area contributed by atoms with E-state index in [0.29, 0.717) is 6.29 Å². The van der Waals surface area contributed by atoms with Gasteiger partial charge in [-0.3, -0.25) is 24.0 Å². The fraction of sp³-hybridized carbons (Fsp3) is 0.368. The SMILES string of the molecule is [C-]#[O+].[C-]#[O+].[C-]#[O+].[C-]#[O+].[Cl][Ru+].[Cl][Ru].[NH-]C(CCC(=O)/C=C/C(=O)CCC(CC=O)C(=O)OC=O)C(=O)O. The number of ketones is 2. The topological polar surface area (TPSA) is 235 Å². The van der Waals surface area contributed by atoms with Gasteiger partial charge in [0.2, 0.25) is 0 Å². The van der Waals surface area contributed by atoms with Gasteiger partial charge in [0, 0.05) is 19.3 Å². The molecular weight excluding hydrogens is 707 g/mol. The van der Waals surface area contributed by atoms with Crippen LogP contribution in [0.5, 0.6) is 0 Å². The van der Waals surface area contributed by atoms with Crippen LogP contribution in [0.4, 0.5) is 0 Å². The molecule has 0 spiro atoms. The number of halogens is 2. The monoisotopic (exact) mass is 726 g/mol. The van der Waals surface area contributed by atoms with E-state index in [1.165, 1.54) is 0 Å². The van der Waals surface area contributed by atoms with E-state index >= 15 is 0 Å². The first-order chi connectivity index (χ1) is 17.3. The van der Waals surface area contributed by atoms with Gasteiger partial charge in [0.25, 0.3) is 5.97 Å². The number of rotatable bonds is 13. The first-order valence-electron chi connectivity index (χ1n) is 8.15. The Kier molecular flexibility index (Phi) is 70.8. The molecule has 0 aromatic carbocycles. The third-order valence-corrected chi connectivity index (χ3v) is 3.05. The van der Waals surface area contributed by atoms with Crippen molar-refractivity contribution in [2.45, 2.75) is 38.1 Å². The molecule has 0 aromatic heterocycles. The van der Waals surface area contributed by atoms with E-state index in [1.807, 2.05) is 34.6 Å². The third-order valence-electron chi connectivity index (χ3n) is 3.05. The Morgan fingerprint density at radius 3 is 1.56 bits per heavy atom. The van der Waals surface area contributed by atoms with Crippen molar-refractivity contribution >= 4 is 55.6 Å². The molecule has 201 valence electrons. The number of nitrogens with one attached hydrogen (secondary N) is 1. The summed E-state index contributed by atoms with van der Waals surface area (Å²) in [7, 11) is 9.14. The van der Waals surface area contributed by atoms with Crippen LogP contribution in [0.25, 0.3) is 5.73 Å². The van der Waals surface area contributed by atoms with Gasteiger partial charge in [-0.1, -0.05) is 6.42 Å². The third kappa shape index (κ3) is 42.3. The Labute approximate surface area is 235 Å². The van der Waals surface area contributed by atoms with Gasteiger partial charge in [0.1, 0.15) is 6.29 Å². The molecule has 36 heavy (non-hydrogen) atoms. The van der Waals surface area contributed by atoms with Gasteiger partial charge >= 0.3 is 112 Å². The summed E-state index contributed by atoms with van der Waals surface area (Å²) in [6.45, 7) is 17.9. The Bertz CT molecular complexity index is 686. The van der Waals surface area contributed by atoms with Crippen LogP contribution in [0.3, 0.4) is 0 Å². The van der Waals surface area contributed by atoms with E-state index in [-0.39, 0.29) is 38.6 Å². The number of carbonyl (C=O) groups excluding carboxylic acids is 5. The van der Waals surface area contributed by atoms with Gasteiger partial charge in [-0.2, -0.15) is 0 Å². The van der Waals surface area contributed by atoms with E-state index in [9.17, 15) is 28.8 Å². The minimum absolute atomic E-state index is 0.0173. The Morgan fingerprint density at radius 1 is 0.889 bits per heavy atom. The zero-order chi connectivity index (χ0) is 30.5. The number of allylic oxidation sites excluding steroid dienone is 2. The second kappa shape index (κ2) is 50.1. The van der Waals surface area contributed by atoms with E-state index in [2.05, 4.69) is 50.7 Å². The predicted octanol–water partition coefficient (Wildman–Crippen LogP) is 1.88. The summed E-state index contributed by atoms with van der Waals surface area (Å²) in [5.41, 5.74) is 7.12. The fourth-order valence-electron chi connectivity index (χ4n) is 1.67. The Hall–Kier alpha value is -1.89. The number of carboxylic acids is 1. The molecule has 0 heterocycles. The maximum atomic E-state index is 11.6. The minimum atomic E-state index is -1.40. The van der Waals surface area contributed by atoms with Crippen LogP contribution in [0.2, 0.25) is 0 Å². The van der Waals surface area contributed by atoms with Gasteiger partial charge in [-0.05, 0) is 24.6 Å². The average Bonchev–Trinajstić information content (AvgIpc) is 2.95. The molecule has 0 aliphatic rings. The van der Waals surface area contributed by atoms with Crippen LogP contribution in [-0.4, -0.2) is 47.4 Å². The van der Waals surface area contributed by atoms with Crippen LogP contribution >= 0.6 is 19.4 Å². The summed E-state index contributed by atoms with van der Waals surface area (Å²) >= 11 is 3.64. The number of aldehydes is 1. The molecule has 0 aromatic rings. The van der Waals surface area contributed by atoms with E-state index < -0.39 is 35.5 Å². The molecule has 2 unspecified atom stereocenters. The summed E-state index contributed by atoms with van der Waals surface area (Å²) < 4.78 is 34.1. The molecule has 13 nitrogen and oxygen atoms in total. The van der Waals surface area contributed by atoms with Crippen molar-refractivity contribution in [2.75, 3.05) is 0 Å². The molecule has 2 atom stereocenters.